The molecule has 8 heterocycles. The number of imidazole rings is 2. The third kappa shape index (κ3) is 8.45. The van der Waals surface area contributed by atoms with Crippen molar-refractivity contribution in [3.63, 3.8) is 0 Å². The third-order valence-corrected chi connectivity index (χ3v) is 17.2. The molecule has 2 aliphatic heterocycles. The number of pyridine rings is 2. The second kappa shape index (κ2) is 18.0. The zero-order chi connectivity index (χ0) is 47.6. The van der Waals surface area contributed by atoms with Crippen LogP contribution in [0.1, 0.15) is 60.0 Å². The van der Waals surface area contributed by atoms with Gasteiger partial charge in [-0.05, 0) is 108 Å². The number of hydrogen-bond acceptors (Lipinski definition) is 18. The predicted octanol–water partition coefficient (Wildman–Crippen LogP) is 7.67. The van der Waals surface area contributed by atoms with E-state index in [2.05, 4.69) is 66.8 Å². The first kappa shape index (κ1) is 45.3. The molecule has 6 aromatic heterocycles. The molecule has 0 saturated carbocycles. The Morgan fingerprint density at radius 3 is 1.59 bits per heavy atom. The fraction of sp³-hybridized carbons (Fsp3) is 0.319. The lowest BCUT2D eigenvalue weighted by Crippen LogP contribution is -2.44. The van der Waals surface area contributed by atoms with Crippen molar-refractivity contribution >= 4 is 92.8 Å². The number of aromatic nitrogens is 10. The highest BCUT2D eigenvalue weighted by molar-refractivity contribution is 7.99. The van der Waals surface area contributed by atoms with E-state index in [1.54, 1.807) is 50.1 Å². The average molecular weight is 1000 g/mol. The number of nitrogens with two attached hydrogens (primary N) is 4. The van der Waals surface area contributed by atoms with Gasteiger partial charge in [-0.15, -0.1) is 0 Å². The van der Waals surface area contributed by atoms with Crippen molar-refractivity contribution in [1.29, 1.82) is 0 Å². The summed E-state index contributed by atoms with van der Waals surface area (Å²) in [6.45, 7) is 3.40. The number of hydrogen-bond donors (Lipinski definition) is 7. The maximum absolute atomic E-state index is 9.88. The molecule has 0 bridgehead atoms. The Bertz CT molecular complexity index is 3250. The number of rotatable bonds is 7. The Balaban J connectivity index is 0.000000151. The summed E-state index contributed by atoms with van der Waals surface area (Å²) in [4.78, 5) is 48.4. The molecule has 0 amide bonds. The van der Waals surface area contributed by atoms with Gasteiger partial charge in [0.1, 0.15) is 33.2 Å². The van der Waals surface area contributed by atoms with Crippen molar-refractivity contribution in [3.05, 3.63) is 106 Å². The molecule has 22 heteroatoms. The van der Waals surface area contributed by atoms with Gasteiger partial charge in [-0.2, -0.15) is 9.97 Å². The van der Waals surface area contributed by atoms with Crippen molar-refractivity contribution in [2.45, 2.75) is 70.5 Å². The van der Waals surface area contributed by atoms with Crippen LogP contribution in [0.5, 0.6) is 11.5 Å². The molecule has 11 N–H and O–H groups in total. The fourth-order valence-electron chi connectivity index (χ4n) is 10.3. The second-order valence-electron chi connectivity index (χ2n) is 18.1. The number of piperidine rings is 2. The highest BCUT2D eigenvalue weighted by Crippen LogP contribution is 2.53. The SMILES string of the molecule is COc1ccc2c(c1)[C@@H](N)C1(CCN(c3nc4ncc(Sc5ccnc(N)c5Cl)nc4[nH]3)CC1)C2.Nc1nccc(Sc2cnc3nc(N4CCC5(CC4)Cc4ccc(O)cc4[C@H]5N)[nH]c3n2)c1Cl. The van der Waals surface area contributed by atoms with Crippen LogP contribution in [0.25, 0.3) is 22.6 Å². The summed E-state index contributed by atoms with van der Waals surface area (Å²) in [6, 6.07) is 15.4. The predicted molar refractivity (Wildman–Crippen MR) is 269 cm³/mol. The molecule has 2 aromatic carbocycles. The van der Waals surface area contributed by atoms with Gasteiger partial charge in [0.05, 0.1) is 29.5 Å². The van der Waals surface area contributed by atoms with Crippen molar-refractivity contribution < 1.29 is 9.84 Å². The summed E-state index contributed by atoms with van der Waals surface area (Å²) in [5.41, 5.74) is 32.5. The van der Waals surface area contributed by atoms with E-state index < -0.39 is 0 Å². The minimum absolute atomic E-state index is 0.0161. The van der Waals surface area contributed by atoms with Gasteiger partial charge in [-0.1, -0.05) is 58.9 Å². The molecule has 0 radical (unpaired) electrons. The van der Waals surface area contributed by atoms with Gasteiger partial charge < -0.3 is 52.5 Å². The lowest BCUT2D eigenvalue weighted by atomic mass is 9.73. The zero-order valence-corrected chi connectivity index (χ0v) is 40.5. The topological polar surface area (TPSA) is 275 Å². The van der Waals surface area contributed by atoms with Crippen molar-refractivity contribution in [2.75, 3.05) is 54.6 Å². The number of phenols is 1. The minimum atomic E-state index is -0.0654. The van der Waals surface area contributed by atoms with Crippen LogP contribution in [0.4, 0.5) is 23.5 Å². The molecule has 69 heavy (non-hydrogen) atoms. The number of aromatic amines is 2. The molecule has 4 aliphatic rings. The molecule has 2 spiro atoms. The van der Waals surface area contributed by atoms with Gasteiger partial charge in [-0.3, -0.25) is 0 Å². The number of benzene rings is 2. The van der Waals surface area contributed by atoms with Crippen LogP contribution in [-0.4, -0.2) is 88.2 Å². The summed E-state index contributed by atoms with van der Waals surface area (Å²) >= 11 is 15.3. The van der Waals surface area contributed by atoms with Gasteiger partial charge in [0.25, 0.3) is 0 Å². The molecule has 2 fully saturated rings. The van der Waals surface area contributed by atoms with E-state index in [0.29, 0.717) is 48.5 Å². The number of ether oxygens (including phenoxy) is 1. The zero-order valence-electron chi connectivity index (χ0n) is 37.4. The monoisotopic (exact) mass is 1000 g/mol. The number of methoxy groups -OCH3 is 1. The number of H-pyrrole nitrogens is 2. The smallest absolute Gasteiger partial charge is 0.206 e. The lowest BCUT2D eigenvalue weighted by Gasteiger charge is -2.42. The van der Waals surface area contributed by atoms with Gasteiger partial charge in [0, 0.05) is 60.4 Å². The normalized spacial score (nSPS) is 19.0. The number of nitrogens with one attached hydrogen (secondary N) is 2. The summed E-state index contributed by atoms with van der Waals surface area (Å²) in [5, 5.41) is 12.1. The summed E-state index contributed by atoms with van der Waals surface area (Å²) < 4.78 is 5.42. The summed E-state index contributed by atoms with van der Waals surface area (Å²) in [5.74, 6) is 3.27. The average Bonchev–Trinajstić information content (AvgIpc) is 4.11. The maximum atomic E-state index is 9.88. The van der Waals surface area contributed by atoms with Gasteiger partial charge in [-0.25, -0.2) is 29.9 Å². The molecular formula is C47H48Cl2N16O2S2. The highest BCUT2D eigenvalue weighted by atomic mass is 35.5. The van der Waals surface area contributed by atoms with Crippen LogP contribution in [0, 0.1) is 10.8 Å². The Morgan fingerprint density at radius 1 is 0.652 bits per heavy atom. The number of halogens is 2. The Hall–Kier alpha value is -6.16. The van der Waals surface area contributed by atoms with Gasteiger partial charge >= 0.3 is 0 Å². The second-order valence-corrected chi connectivity index (χ2v) is 20.9. The van der Waals surface area contributed by atoms with E-state index in [9.17, 15) is 5.11 Å². The first-order chi connectivity index (χ1) is 33.4. The number of nitrogens with zero attached hydrogens (tertiary/aromatic N) is 10. The summed E-state index contributed by atoms with van der Waals surface area (Å²) in [7, 11) is 1.69. The maximum Gasteiger partial charge on any atom is 0.206 e. The van der Waals surface area contributed by atoms with Crippen molar-refractivity contribution in [1.82, 2.24) is 49.8 Å². The summed E-state index contributed by atoms with van der Waals surface area (Å²) in [6.07, 6.45) is 12.4. The molecule has 2 saturated heterocycles. The molecule has 18 nitrogen and oxygen atoms in total. The molecular weight excluding hydrogens is 956 g/mol. The van der Waals surface area contributed by atoms with Crippen LogP contribution < -0.4 is 37.5 Å². The molecule has 354 valence electrons. The molecule has 8 aromatic rings. The molecule has 0 unspecified atom stereocenters. The van der Waals surface area contributed by atoms with Crippen LogP contribution >= 0.6 is 46.7 Å². The number of aromatic hydroxyl groups is 1. The first-order valence-electron chi connectivity index (χ1n) is 22.5. The van der Waals surface area contributed by atoms with E-state index in [4.69, 9.17) is 55.9 Å². The quantitative estimate of drug-likeness (QED) is 0.0807. The molecule has 12 rings (SSSR count). The van der Waals surface area contributed by atoms with Crippen LogP contribution in [0.2, 0.25) is 10.0 Å². The van der Waals surface area contributed by atoms with E-state index in [1.165, 1.54) is 40.2 Å². The van der Waals surface area contributed by atoms with E-state index in [1.807, 2.05) is 18.2 Å². The van der Waals surface area contributed by atoms with E-state index in [0.717, 1.165) is 97.7 Å². The van der Waals surface area contributed by atoms with Crippen LogP contribution in [0.3, 0.4) is 0 Å². The van der Waals surface area contributed by atoms with Crippen LogP contribution in [0.15, 0.2) is 93.2 Å². The number of phenolic OH excluding ortho intramolecular Hbond substituents is 1. The minimum Gasteiger partial charge on any atom is -0.508 e. The number of anilines is 4. The van der Waals surface area contributed by atoms with Crippen molar-refractivity contribution in [2.24, 2.45) is 22.3 Å². The highest BCUT2D eigenvalue weighted by Gasteiger charge is 2.47. The standard InChI is InChI=1S/C24H25ClN8OS.C23H23ClN8OS/c1-34-14-3-2-13-11-24(19(26)15(13)10-14)5-8-33(9-6-24)23-31-21-22(32-23)30-17(12-29-21)35-16-4-7-28-20(27)18(16)25;24-17-15(3-6-27-19(17)26)34-16-11-28-20-21(29-16)31-22(30-20)32-7-4-23(5-8-32)10-12-1-2-13(33)9-14(12)18(23)25/h2-4,7,10,12,19H,5-6,8-9,11,26H2,1H3,(H2,27,28)(H,29,30,31,32);1-3,6,9,11,18,33H,4-5,7-8,10,25H2,(H2,26,27)(H,28,29,30,31)/t19-;18-/m11/s1. The third-order valence-electron chi connectivity index (χ3n) is 14.2. The Morgan fingerprint density at radius 2 is 1.12 bits per heavy atom. The molecule has 2 atom stereocenters. The fourth-order valence-corrected chi connectivity index (χ4v) is 12.4. The largest absolute Gasteiger partial charge is 0.508 e. The van der Waals surface area contributed by atoms with E-state index >= 15 is 0 Å². The Labute approximate surface area is 414 Å². The first-order valence-corrected chi connectivity index (χ1v) is 24.9. The van der Waals surface area contributed by atoms with Gasteiger partial charge in [0.15, 0.2) is 22.6 Å². The molecule has 2 aliphatic carbocycles. The van der Waals surface area contributed by atoms with Crippen molar-refractivity contribution in [3.8, 4) is 11.5 Å². The lowest BCUT2D eigenvalue weighted by molar-refractivity contribution is 0.187. The number of nitrogen functional groups attached to an aromatic ring is 2. The number of fused-ring (bicyclic) bond motifs is 4. The van der Waals surface area contributed by atoms with E-state index in [-0.39, 0.29) is 34.5 Å². The Kier molecular flexibility index (Phi) is 11.8. The van der Waals surface area contributed by atoms with Gasteiger partial charge in [0.2, 0.25) is 11.9 Å². The van der Waals surface area contributed by atoms with Crippen LogP contribution in [-0.2, 0) is 12.8 Å².